The average Bonchev–Trinajstić information content (AvgIpc) is 2.53. The number of hydrogen-bond donors (Lipinski definition) is 0. The fraction of sp³-hybridized carbons (Fsp3) is 0.118. The van der Waals surface area contributed by atoms with Crippen LogP contribution in [0.4, 0.5) is 0 Å². The standard InChI is InChI=1S/C17H15BrO3/c1-20-16-11-17(21-2)14(18)10-13(16)15(19)9-8-12-6-4-3-5-7-12/h3-11H,1-2H3/b9-8+. The molecular weight excluding hydrogens is 332 g/mol. The molecule has 2 aromatic carbocycles. The van der Waals surface area contributed by atoms with E-state index in [0.29, 0.717) is 21.5 Å². The number of halogens is 1. The highest BCUT2D eigenvalue weighted by atomic mass is 79.9. The van der Waals surface area contributed by atoms with Gasteiger partial charge in [-0.25, -0.2) is 0 Å². The van der Waals surface area contributed by atoms with Gasteiger partial charge in [0.15, 0.2) is 5.78 Å². The van der Waals surface area contributed by atoms with Crippen molar-refractivity contribution in [2.24, 2.45) is 0 Å². The maximum atomic E-state index is 12.3. The normalized spacial score (nSPS) is 10.6. The molecule has 0 radical (unpaired) electrons. The molecule has 0 aliphatic rings. The van der Waals surface area contributed by atoms with Gasteiger partial charge in [-0.15, -0.1) is 0 Å². The first-order valence-electron chi connectivity index (χ1n) is 6.34. The van der Waals surface area contributed by atoms with Gasteiger partial charge < -0.3 is 9.47 Å². The number of methoxy groups -OCH3 is 2. The highest BCUT2D eigenvalue weighted by molar-refractivity contribution is 9.10. The predicted molar refractivity (Wildman–Crippen MR) is 87.1 cm³/mol. The first-order valence-corrected chi connectivity index (χ1v) is 7.14. The van der Waals surface area contributed by atoms with E-state index in [9.17, 15) is 4.79 Å². The molecule has 4 heteroatoms. The first-order chi connectivity index (χ1) is 10.2. The fourth-order valence-electron chi connectivity index (χ4n) is 1.88. The van der Waals surface area contributed by atoms with Crippen LogP contribution < -0.4 is 9.47 Å². The molecule has 0 saturated carbocycles. The second kappa shape index (κ2) is 7.09. The van der Waals surface area contributed by atoms with Gasteiger partial charge in [0, 0.05) is 6.07 Å². The number of rotatable bonds is 5. The molecule has 108 valence electrons. The van der Waals surface area contributed by atoms with Crippen molar-refractivity contribution >= 4 is 27.8 Å². The summed E-state index contributed by atoms with van der Waals surface area (Å²) < 4.78 is 11.2. The second-order valence-electron chi connectivity index (χ2n) is 4.30. The quantitative estimate of drug-likeness (QED) is 0.595. The number of benzene rings is 2. The highest BCUT2D eigenvalue weighted by Crippen LogP contribution is 2.33. The fourth-order valence-corrected chi connectivity index (χ4v) is 2.38. The van der Waals surface area contributed by atoms with Crippen molar-refractivity contribution in [1.82, 2.24) is 0 Å². The zero-order chi connectivity index (χ0) is 15.2. The van der Waals surface area contributed by atoms with E-state index in [2.05, 4.69) is 15.9 Å². The minimum atomic E-state index is -0.126. The summed E-state index contributed by atoms with van der Waals surface area (Å²) >= 11 is 3.38. The van der Waals surface area contributed by atoms with Crippen LogP contribution in [0.2, 0.25) is 0 Å². The molecule has 0 aromatic heterocycles. The number of allylic oxidation sites excluding steroid dienone is 1. The Morgan fingerprint density at radius 1 is 1.05 bits per heavy atom. The lowest BCUT2D eigenvalue weighted by atomic mass is 10.1. The molecule has 0 N–H and O–H groups in total. The zero-order valence-electron chi connectivity index (χ0n) is 11.8. The molecule has 2 aromatic rings. The first kappa shape index (κ1) is 15.3. The van der Waals surface area contributed by atoms with Gasteiger partial charge in [0.05, 0.1) is 24.3 Å². The van der Waals surface area contributed by atoms with Crippen LogP contribution in [0, 0.1) is 0 Å². The van der Waals surface area contributed by atoms with E-state index in [1.165, 1.54) is 13.2 Å². The molecule has 0 aliphatic carbocycles. The van der Waals surface area contributed by atoms with Crippen molar-refractivity contribution < 1.29 is 14.3 Å². The number of ketones is 1. The Labute approximate surface area is 132 Å². The molecule has 0 bridgehead atoms. The third-order valence-corrected chi connectivity index (χ3v) is 3.59. The van der Waals surface area contributed by atoms with Crippen LogP contribution in [0.15, 0.2) is 53.0 Å². The molecule has 0 atom stereocenters. The summed E-state index contributed by atoms with van der Waals surface area (Å²) in [4.78, 5) is 12.3. The molecule has 2 rings (SSSR count). The third kappa shape index (κ3) is 3.73. The van der Waals surface area contributed by atoms with Gasteiger partial charge in [0.25, 0.3) is 0 Å². The SMILES string of the molecule is COc1cc(OC)c(C(=O)/C=C/c2ccccc2)cc1Br. The molecule has 0 amide bonds. The van der Waals surface area contributed by atoms with Crippen molar-refractivity contribution in [1.29, 1.82) is 0 Å². The van der Waals surface area contributed by atoms with E-state index in [4.69, 9.17) is 9.47 Å². The average molecular weight is 347 g/mol. The summed E-state index contributed by atoms with van der Waals surface area (Å²) in [5.41, 5.74) is 1.45. The Hall–Kier alpha value is -2.07. The number of ether oxygens (including phenoxy) is 2. The minimum absolute atomic E-state index is 0.126. The largest absolute Gasteiger partial charge is 0.496 e. The third-order valence-electron chi connectivity index (χ3n) is 2.97. The Morgan fingerprint density at radius 3 is 2.33 bits per heavy atom. The van der Waals surface area contributed by atoms with E-state index < -0.39 is 0 Å². The van der Waals surface area contributed by atoms with E-state index in [-0.39, 0.29) is 5.78 Å². The molecule has 0 fully saturated rings. The van der Waals surface area contributed by atoms with Crippen molar-refractivity contribution in [3.05, 3.63) is 64.1 Å². The van der Waals surface area contributed by atoms with Crippen LogP contribution in [0.3, 0.4) is 0 Å². The van der Waals surface area contributed by atoms with E-state index >= 15 is 0 Å². The lowest BCUT2D eigenvalue weighted by Gasteiger charge is -2.10. The van der Waals surface area contributed by atoms with Gasteiger partial charge in [0.1, 0.15) is 11.5 Å². The molecular formula is C17H15BrO3. The zero-order valence-corrected chi connectivity index (χ0v) is 13.4. The molecule has 0 saturated heterocycles. The van der Waals surface area contributed by atoms with Crippen molar-refractivity contribution in [3.63, 3.8) is 0 Å². The van der Waals surface area contributed by atoms with Gasteiger partial charge in [0.2, 0.25) is 0 Å². The maximum absolute atomic E-state index is 12.3. The Balaban J connectivity index is 2.31. The summed E-state index contributed by atoms with van der Waals surface area (Å²) in [5.74, 6) is 0.979. The lowest BCUT2D eigenvalue weighted by molar-refractivity contribution is 0.104. The van der Waals surface area contributed by atoms with Gasteiger partial charge in [-0.3, -0.25) is 4.79 Å². The molecule has 0 spiro atoms. The Bertz CT molecular complexity index is 663. The Kier molecular flexibility index (Phi) is 5.17. The van der Waals surface area contributed by atoms with Crippen LogP contribution >= 0.6 is 15.9 Å². The number of carbonyl (C=O) groups is 1. The number of carbonyl (C=O) groups excluding carboxylic acids is 1. The van der Waals surface area contributed by atoms with Gasteiger partial charge in [-0.1, -0.05) is 36.4 Å². The van der Waals surface area contributed by atoms with Crippen LogP contribution in [0.5, 0.6) is 11.5 Å². The van der Waals surface area contributed by atoms with Crippen molar-refractivity contribution in [2.45, 2.75) is 0 Å². The summed E-state index contributed by atoms with van der Waals surface area (Å²) in [6.45, 7) is 0. The number of hydrogen-bond acceptors (Lipinski definition) is 3. The summed E-state index contributed by atoms with van der Waals surface area (Å²) in [7, 11) is 3.09. The van der Waals surface area contributed by atoms with Crippen LogP contribution in [-0.2, 0) is 0 Å². The topological polar surface area (TPSA) is 35.5 Å². The maximum Gasteiger partial charge on any atom is 0.189 e. The highest BCUT2D eigenvalue weighted by Gasteiger charge is 2.14. The van der Waals surface area contributed by atoms with Gasteiger partial charge in [-0.2, -0.15) is 0 Å². The Morgan fingerprint density at radius 2 is 1.71 bits per heavy atom. The summed E-state index contributed by atoms with van der Waals surface area (Å²) in [6, 6.07) is 13.0. The van der Waals surface area contributed by atoms with E-state index in [1.807, 2.05) is 30.3 Å². The monoisotopic (exact) mass is 346 g/mol. The smallest absolute Gasteiger partial charge is 0.189 e. The molecule has 3 nitrogen and oxygen atoms in total. The lowest BCUT2D eigenvalue weighted by Crippen LogP contribution is -2.00. The van der Waals surface area contributed by atoms with E-state index in [1.54, 1.807) is 25.3 Å². The summed E-state index contributed by atoms with van der Waals surface area (Å²) in [5, 5.41) is 0. The van der Waals surface area contributed by atoms with Gasteiger partial charge in [-0.05, 0) is 33.6 Å². The predicted octanol–water partition coefficient (Wildman–Crippen LogP) is 4.36. The summed E-state index contributed by atoms with van der Waals surface area (Å²) in [6.07, 6.45) is 3.31. The van der Waals surface area contributed by atoms with Crippen LogP contribution in [0.25, 0.3) is 6.08 Å². The van der Waals surface area contributed by atoms with Gasteiger partial charge >= 0.3 is 0 Å². The van der Waals surface area contributed by atoms with Crippen molar-refractivity contribution in [3.8, 4) is 11.5 Å². The molecule has 21 heavy (non-hydrogen) atoms. The second-order valence-corrected chi connectivity index (χ2v) is 5.15. The molecule has 0 unspecified atom stereocenters. The van der Waals surface area contributed by atoms with Crippen molar-refractivity contribution in [2.75, 3.05) is 14.2 Å². The van der Waals surface area contributed by atoms with Crippen LogP contribution in [-0.4, -0.2) is 20.0 Å². The minimum Gasteiger partial charge on any atom is -0.496 e. The van der Waals surface area contributed by atoms with E-state index in [0.717, 1.165) is 5.56 Å². The molecule has 0 heterocycles. The van der Waals surface area contributed by atoms with Crippen LogP contribution in [0.1, 0.15) is 15.9 Å². The molecule has 0 aliphatic heterocycles.